The minimum Gasteiger partial charge on any atom is -0.0610 e. The maximum Gasteiger partial charge on any atom is -0.00139 e. The van der Waals surface area contributed by atoms with Gasteiger partial charge in [0.15, 0.2) is 0 Å². The molecule has 5 aromatic rings. The lowest BCUT2D eigenvalue weighted by Crippen LogP contribution is -1.86. The standard InChI is InChI=1S/C20H11/c1-5-13-6-2-11-17-18-12-4-8-14-7-3-10-16(20(14)18)15(9-1)19(13)17/h1-11H. The van der Waals surface area contributed by atoms with Crippen LogP contribution in [0.2, 0.25) is 0 Å². The molecule has 0 N–H and O–H groups in total. The highest BCUT2D eigenvalue weighted by atomic mass is 14.1. The SMILES string of the molecule is [c]1ccc2cccc3c4cccc5cccc(c1c23)c54. The van der Waals surface area contributed by atoms with Gasteiger partial charge in [-0.3, -0.25) is 0 Å². The zero-order chi connectivity index (χ0) is 13.1. The third-order valence-electron chi connectivity index (χ3n) is 4.30. The summed E-state index contributed by atoms with van der Waals surface area (Å²) in [7, 11) is 0. The summed E-state index contributed by atoms with van der Waals surface area (Å²) < 4.78 is 0. The highest BCUT2D eigenvalue weighted by molar-refractivity contribution is 6.32. The molecule has 0 unspecified atom stereocenters. The van der Waals surface area contributed by atoms with Crippen LogP contribution in [-0.4, -0.2) is 0 Å². The molecule has 0 aliphatic carbocycles. The van der Waals surface area contributed by atoms with Gasteiger partial charge in [-0.05, 0) is 49.2 Å². The van der Waals surface area contributed by atoms with Crippen molar-refractivity contribution < 1.29 is 0 Å². The van der Waals surface area contributed by atoms with E-state index in [0.717, 1.165) is 0 Å². The van der Waals surface area contributed by atoms with Crippen molar-refractivity contribution >= 4 is 43.1 Å². The van der Waals surface area contributed by atoms with Gasteiger partial charge >= 0.3 is 0 Å². The number of hydrogen-bond donors (Lipinski definition) is 0. The monoisotopic (exact) mass is 251 g/mol. The van der Waals surface area contributed by atoms with Crippen molar-refractivity contribution in [3.8, 4) is 0 Å². The van der Waals surface area contributed by atoms with Crippen molar-refractivity contribution in [3.63, 3.8) is 0 Å². The van der Waals surface area contributed by atoms with Gasteiger partial charge in [0.1, 0.15) is 0 Å². The van der Waals surface area contributed by atoms with Crippen LogP contribution >= 0.6 is 0 Å². The Morgan fingerprint density at radius 2 is 1.15 bits per heavy atom. The number of rotatable bonds is 0. The summed E-state index contributed by atoms with van der Waals surface area (Å²) in [6, 6.07) is 27.3. The van der Waals surface area contributed by atoms with Gasteiger partial charge in [0, 0.05) is 0 Å². The minimum atomic E-state index is 1.24. The molecule has 0 aliphatic rings. The molecular formula is C20H11. The van der Waals surface area contributed by atoms with Crippen LogP contribution in [0.1, 0.15) is 0 Å². The van der Waals surface area contributed by atoms with E-state index >= 15 is 0 Å². The predicted octanol–water partition coefficient (Wildman–Crippen LogP) is 5.54. The van der Waals surface area contributed by atoms with Gasteiger partial charge in [-0.1, -0.05) is 66.7 Å². The smallest absolute Gasteiger partial charge is 0.00139 e. The Morgan fingerprint density at radius 3 is 1.90 bits per heavy atom. The highest BCUT2D eigenvalue weighted by Crippen LogP contribution is 2.39. The first-order valence-corrected chi connectivity index (χ1v) is 6.89. The predicted molar refractivity (Wildman–Crippen MR) is 86.5 cm³/mol. The van der Waals surface area contributed by atoms with Crippen molar-refractivity contribution in [3.05, 3.63) is 72.8 Å². The Balaban J connectivity index is 2.32. The lowest BCUT2D eigenvalue weighted by atomic mass is 9.90. The molecule has 5 rings (SSSR count). The van der Waals surface area contributed by atoms with Gasteiger partial charge in [-0.15, -0.1) is 0 Å². The molecule has 0 aliphatic heterocycles. The van der Waals surface area contributed by atoms with Crippen molar-refractivity contribution in [2.45, 2.75) is 0 Å². The number of hydrogen-bond acceptors (Lipinski definition) is 0. The van der Waals surface area contributed by atoms with Crippen LogP contribution in [0.15, 0.2) is 66.7 Å². The van der Waals surface area contributed by atoms with E-state index in [4.69, 9.17) is 0 Å². The molecule has 0 aromatic heterocycles. The van der Waals surface area contributed by atoms with Gasteiger partial charge in [-0.25, -0.2) is 0 Å². The van der Waals surface area contributed by atoms with Crippen molar-refractivity contribution in [1.29, 1.82) is 0 Å². The Labute approximate surface area is 116 Å². The van der Waals surface area contributed by atoms with Gasteiger partial charge < -0.3 is 0 Å². The Hall–Kier alpha value is -2.60. The number of benzene rings is 5. The molecule has 1 radical (unpaired) electrons. The summed E-state index contributed by atoms with van der Waals surface area (Å²) in [5, 5.41) is 10.5. The summed E-state index contributed by atoms with van der Waals surface area (Å²) >= 11 is 0. The van der Waals surface area contributed by atoms with Crippen LogP contribution in [0, 0.1) is 6.07 Å². The number of fused-ring (bicyclic) bond motifs is 2. The van der Waals surface area contributed by atoms with E-state index in [1.165, 1.54) is 43.1 Å². The Bertz CT molecular complexity index is 917. The van der Waals surface area contributed by atoms with E-state index in [9.17, 15) is 0 Å². The average Bonchev–Trinajstić information content (AvgIpc) is 2.52. The first-order valence-electron chi connectivity index (χ1n) is 6.89. The fourth-order valence-electron chi connectivity index (χ4n) is 3.49. The Kier molecular flexibility index (Phi) is 1.78. The second kappa shape index (κ2) is 3.49. The lowest BCUT2D eigenvalue weighted by molar-refractivity contribution is 1.78. The molecule has 0 nitrogen and oxygen atoms in total. The van der Waals surface area contributed by atoms with Gasteiger partial charge in [0.05, 0.1) is 0 Å². The summed E-state index contributed by atoms with van der Waals surface area (Å²) in [6.45, 7) is 0. The molecule has 0 heteroatoms. The molecule has 0 spiro atoms. The van der Waals surface area contributed by atoms with Crippen molar-refractivity contribution in [2.75, 3.05) is 0 Å². The molecule has 5 aromatic carbocycles. The summed E-state index contributed by atoms with van der Waals surface area (Å²) in [5.41, 5.74) is 0. The van der Waals surface area contributed by atoms with Gasteiger partial charge in [0.25, 0.3) is 0 Å². The third-order valence-corrected chi connectivity index (χ3v) is 4.30. The Morgan fingerprint density at radius 1 is 0.550 bits per heavy atom. The first-order chi connectivity index (χ1) is 9.93. The maximum atomic E-state index is 3.45. The third kappa shape index (κ3) is 1.12. The molecule has 0 atom stereocenters. The van der Waals surface area contributed by atoms with E-state index < -0.39 is 0 Å². The lowest BCUT2D eigenvalue weighted by Gasteiger charge is -2.13. The normalized spacial score (nSPS) is 12.0. The highest BCUT2D eigenvalue weighted by Gasteiger charge is 2.11. The van der Waals surface area contributed by atoms with Crippen LogP contribution in [0.5, 0.6) is 0 Å². The minimum absolute atomic E-state index is 1.24. The van der Waals surface area contributed by atoms with E-state index in [1.807, 2.05) is 6.07 Å². The van der Waals surface area contributed by atoms with Crippen molar-refractivity contribution in [2.24, 2.45) is 0 Å². The fourth-order valence-corrected chi connectivity index (χ4v) is 3.49. The van der Waals surface area contributed by atoms with Crippen LogP contribution < -0.4 is 0 Å². The molecule has 0 bridgehead atoms. The van der Waals surface area contributed by atoms with Crippen LogP contribution in [0.4, 0.5) is 0 Å². The van der Waals surface area contributed by atoms with Crippen LogP contribution in [0.25, 0.3) is 43.1 Å². The summed E-state index contributed by atoms with van der Waals surface area (Å²) in [4.78, 5) is 0. The second-order valence-corrected chi connectivity index (χ2v) is 5.33. The molecule has 0 saturated carbocycles. The van der Waals surface area contributed by atoms with Gasteiger partial charge in [0.2, 0.25) is 0 Å². The van der Waals surface area contributed by atoms with E-state index in [2.05, 4.69) is 66.7 Å². The largest absolute Gasteiger partial charge is 0.0610 e. The summed E-state index contributed by atoms with van der Waals surface area (Å²) in [5.74, 6) is 0. The van der Waals surface area contributed by atoms with E-state index in [0.29, 0.717) is 0 Å². The quantitative estimate of drug-likeness (QED) is 0.250. The van der Waals surface area contributed by atoms with Crippen LogP contribution in [-0.2, 0) is 0 Å². The maximum absolute atomic E-state index is 3.45. The molecular weight excluding hydrogens is 240 g/mol. The average molecular weight is 251 g/mol. The molecule has 0 heterocycles. The topological polar surface area (TPSA) is 0 Å². The zero-order valence-corrected chi connectivity index (χ0v) is 10.9. The molecule has 0 fully saturated rings. The van der Waals surface area contributed by atoms with Gasteiger partial charge in [-0.2, -0.15) is 0 Å². The van der Waals surface area contributed by atoms with Crippen LogP contribution in [0.3, 0.4) is 0 Å². The molecule has 0 amide bonds. The van der Waals surface area contributed by atoms with Crippen molar-refractivity contribution in [1.82, 2.24) is 0 Å². The van der Waals surface area contributed by atoms with E-state index in [-0.39, 0.29) is 0 Å². The molecule has 20 heavy (non-hydrogen) atoms. The molecule has 0 saturated heterocycles. The molecule has 91 valence electrons. The fraction of sp³-hybridized carbons (Fsp3) is 0. The second-order valence-electron chi connectivity index (χ2n) is 5.33. The van der Waals surface area contributed by atoms with E-state index in [1.54, 1.807) is 0 Å². The summed E-state index contributed by atoms with van der Waals surface area (Å²) in [6.07, 6.45) is 0. The zero-order valence-electron chi connectivity index (χ0n) is 10.9. The first kappa shape index (κ1) is 10.2.